The first-order chi connectivity index (χ1) is 18.7. The zero-order valence-corrected chi connectivity index (χ0v) is 22.8. The Morgan fingerprint density at radius 2 is 1.92 bits per heavy atom. The van der Waals surface area contributed by atoms with Crippen molar-refractivity contribution in [2.45, 2.75) is 26.8 Å². The van der Waals surface area contributed by atoms with Crippen molar-refractivity contribution in [2.24, 2.45) is 4.99 Å². The molecule has 0 radical (unpaired) electrons. The maximum atomic E-state index is 13.8. The number of carbonyl (C=O) groups is 2. The average Bonchev–Trinajstić information content (AvgIpc) is 3.48. The second-order valence-electron chi connectivity index (χ2n) is 8.81. The standard InChI is InChI=1S/C29H23ClN2O6S/c1-4-37-28(36)24-16(3)31-29-32(25(24)20-8-5-6-11-21(20)30)26(33)23(39-29)14-17-12-13-22(38-17)18-9-7-10-19(15(18)2)27(34)35/h5-14,25H,4H2,1-3H3,(H,34,35)/b23-14-/t25-/m0/s1. The number of carbonyl (C=O) groups excluding carboxylic acids is 1. The van der Waals surface area contributed by atoms with Crippen LogP contribution in [0.1, 0.15) is 47.1 Å². The van der Waals surface area contributed by atoms with Crippen molar-refractivity contribution in [3.63, 3.8) is 0 Å². The number of nitrogens with zero attached hydrogens (tertiary/aromatic N) is 2. The monoisotopic (exact) mass is 562 g/mol. The van der Waals surface area contributed by atoms with Gasteiger partial charge in [-0.3, -0.25) is 9.36 Å². The second kappa shape index (κ2) is 10.5. The van der Waals surface area contributed by atoms with Crippen molar-refractivity contribution in [2.75, 3.05) is 6.61 Å². The Balaban J connectivity index is 1.64. The van der Waals surface area contributed by atoms with E-state index in [1.165, 1.54) is 22.0 Å². The number of esters is 1. The quantitative estimate of drug-likeness (QED) is 0.340. The predicted octanol–water partition coefficient (Wildman–Crippen LogP) is 4.72. The van der Waals surface area contributed by atoms with Gasteiger partial charge in [-0.1, -0.05) is 53.3 Å². The van der Waals surface area contributed by atoms with E-state index >= 15 is 0 Å². The molecule has 0 aliphatic carbocycles. The zero-order valence-electron chi connectivity index (χ0n) is 21.2. The lowest BCUT2D eigenvalue weighted by Crippen LogP contribution is -2.40. The number of rotatable bonds is 6. The highest BCUT2D eigenvalue weighted by Crippen LogP contribution is 2.34. The molecule has 0 saturated heterocycles. The molecule has 2 aromatic heterocycles. The molecule has 0 unspecified atom stereocenters. The third-order valence-electron chi connectivity index (χ3n) is 6.45. The molecule has 0 spiro atoms. The molecular formula is C29H23ClN2O6S. The van der Waals surface area contributed by atoms with Gasteiger partial charge in [0.25, 0.3) is 5.56 Å². The normalized spacial score (nSPS) is 15.2. The van der Waals surface area contributed by atoms with Crippen molar-refractivity contribution in [1.82, 2.24) is 4.57 Å². The maximum absolute atomic E-state index is 13.8. The van der Waals surface area contributed by atoms with Crippen LogP contribution in [0.2, 0.25) is 5.02 Å². The van der Waals surface area contributed by atoms with Crippen LogP contribution in [0.4, 0.5) is 0 Å². The van der Waals surface area contributed by atoms with Gasteiger partial charge in [-0.05, 0) is 56.2 Å². The van der Waals surface area contributed by atoms with E-state index in [2.05, 4.69) is 4.99 Å². The van der Waals surface area contributed by atoms with Gasteiger partial charge in [0, 0.05) is 16.7 Å². The minimum Gasteiger partial charge on any atom is -0.478 e. The van der Waals surface area contributed by atoms with Gasteiger partial charge >= 0.3 is 11.9 Å². The first-order valence-electron chi connectivity index (χ1n) is 12.1. The number of fused-ring (bicyclic) bond motifs is 1. The van der Waals surface area contributed by atoms with Crippen LogP contribution in [0, 0.1) is 6.92 Å². The van der Waals surface area contributed by atoms with E-state index in [0.717, 1.165) is 0 Å². The topological polar surface area (TPSA) is 111 Å². The minimum atomic E-state index is -1.02. The SMILES string of the molecule is CCOC(=O)C1=C(C)N=c2s/c(=C\c3ccc(-c4cccc(C(=O)O)c4C)o3)c(=O)n2[C@H]1c1ccccc1Cl. The lowest BCUT2D eigenvalue weighted by molar-refractivity contribution is -0.139. The molecule has 0 bridgehead atoms. The van der Waals surface area contributed by atoms with E-state index in [0.29, 0.717) is 48.3 Å². The summed E-state index contributed by atoms with van der Waals surface area (Å²) in [5.74, 6) is -0.699. The Morgan fingerprint density at radius 3 is 2.64 bits per heavy atom. The van der Waals surface area contributed by atoms with Gasteiger partial charge in [-0.25, -0.2) is 14.6 Å². The summed E-state index contributed by atoms with van der Waals surface area (Å²) >= 11 is 7.70. The summed E-state index contributed by atoms with van der Waals surface area (Å²) in [7, 11) is 0. The molecular weight excluding hydrogens is 540 g/mol. The zero-order chi connectivity index (χ0) is 27.8. The molecule has 2 aromatic carbocycles. The van der Waals surface area contributed by atoms with Gasteiger partial charge in [0.15, 0.2) is 4.80 Å². The Morgan fingerprint density at radius 1 is 1.15 bits per heavy atom. The minimum absolute atomic E-state index is 0.172. The first-order valence-corrected chi connectivity index (χ1v) is 13.3. The van der Waals surface area contributed by atoms with E-state index in [4.69, 9.17) is 20.8 Å². The van der Waals surface area contributed by atoms with Crippen LogP contribution in [0.5, 0.6) is 0 Å². The molecule has 1 aliphatic rings. The van der Waals surface area contributed by atoms with Crippen molar-refractivity contribution in [1.29, 1.82) is 0 Å². The molecule has 1 atom stereocenters. The van der Waals surface area contributed by atoms with Gasteiger partial charge in [-0.15, -0.1) is 0 Å². The van der Waals surface area contributed by atoms with E-state index in [1.54, 1.807) is 75.4 Å². The summed E-state index contributed by atoms with van der Waals surface area (Å²) in [4.78, 5) is 43.3. The number of aromatic nitrogens is 1. The summed E-state index contributed by atoms with van der Waals surface area (Å²) in [6, 6.07) is 14.6. The Hall–Kier alpha value is -4.21. The fourth-order valence-corrected chi connectivity index (χ4v) is 5.89. The summed E-state index contributed by atoms with van der Waals surface area (Å²) in [5, 5.41) is 9.85. The van der Waals surface area contributed by atoms with Crippen LogP contribution in [0.15, 0.2) is 80.1 Å². The van der Waals surface area contributed by atoms with Gasteiger partial charge in [-0.2, -0.15) is 0 Å². The molecule has 0 fully saturated rings. The maximum Gasteiger partial charge on any atom is 0.338 e. The van der Waals surface area contributed by atoms with Gasteiger partial charge in [0.05, 0.1) is 28.0 Å². The molecule has 0 amide bonds. The third kappa shape index (κ3) is 4.75. The molecule has 1 N–H and O–H groups in total. The van der Waals surface area contributed by atoms with Crippen LogP contribution < -0.4 is 14.9 Å². The Labute approximate surface area is 231 Å². The van der Waals surface area contributed by atoms with Crippen LogP contribution in [0.25, 0.3) is 17.4 Å². The highest BCUT2D eigenvalue weighted by molar-refractivity contribution is 7.07. The van der Waals surface area contributed by atoms with Crippen LogP contribution in [0.3, 0.4) is 0 Å². The number of carboxylic acids is 1. The highest BCUT2D eigenvalue weighted by atomic mass is 35.5. The molecule has 10 heteroatoms. The predicted molar refractivity (Wildman–Crippen MR) is 148 cm³/mol. The Bertz CT molecular complexity index is 1850. The molecule has 39 heavy (non-hydrogen) atoms. The largest absolute Gasteiger partial charge is 0.478 e. The number of hydrogen-bond acceptors (Lipinski definition) is 7. The number of benzene rings is 2. The number of hydrogen-bond donors (Lipinski definition) is 1. The summed E-state index contributed by atoms with van der Waals surface area (Å²) < 4.78 is 13.1. The summed E-state index contributed by atoms with van der Waals surface area (Å²) in [5.41, 5.74) is 2.32. The summed E-state index contributed by atoms with van der Waals surface area (Å²) in [6.45, 7) is 5.31. The lowest BCUT2D eigenvalue weighted by Gasteiger charge is -2.25. The van der Waals surface area contributed by atoms with Crippen molar-refractivity contribution < 1.29 is 23.8 Å². The number of ether oxygens (including phenoxy) is 1. The van der Waals surface area contributed by atoms with Gasteiger partial charge < -0.3 is 14.3 Å². The molecule has 8 nitrogen and oxygen atoms in total. The molecule has 1 aliphatic heterocycles. The Kier molecular flexibility index (Phi) is 7.12. The highest BCUT2D eigenvalue weighted by Gasteiger charge is 2.34. The first kappa shape index (κ1) is 26.4. The molecule has 3 heterocycles. The van der Waals surface area contributed by atoms with Crippen molar-refractivity contribution >= 4 is 41.0 Å². The third-order valence-corrected chi connectivity index (χ3v) is 7.77. The number of thiazole rings is 1. The molecule has 5 rings (SSSR count). The lowest BCUT2D eigenvalue weighted by atomic mass is 9.96. The fraction of sp³-hybridized carbons (Fsp3) is 0.172. The van der Waals surface area contributed by atoms with Gasteiger partial charge in [0.2, 0.25) is 0 Å². The van der Waals surface area contributed by atoms with Crippen LogP contribution in [-0.4, -0.2) is 28.2 Å². The van der Waals surface area contributed by atoms with Crippen LogP contribution in [-0.2, 0) is 9.53 Å². The van der Waals surface area contributed by atoms with Crippen LogP contribution >= 0.6 is 22.9 Å². The molecule has 198 valence electrons. The molecule has 4 aromatic rings. The number of allylic oxidation sites excluding steroid dienone is 1. The number of furan rings is 1. The molecule has 0 saturated carbocycles. The average molecular weight is 563 g/mol. The second-order valence-corrected chi connectivity index (χ2v) is 10.2. The fourth-order valence-electron chi connectivity index (χ4n) is 4.62. The number of carboxylic acid groups (broad SMARTS) is 1. The number of halogens is 1. The van der Waals surface area contributed by atoms with Gasteiger partial charge in [0.1, 0.15) is 17.6 Å². The van der Waals surface area contributed by atoms with E-state index in [1.807, 2.05) is 0 Å². The van der Waals surface area contributed by atoms with E-state index in [9.17, 15) is 19.5 Å². The van der Waals surface area contributed by atoms with E-state index < -0.39 is 18.0 Å². The number of aromatic carboxylic acids is 1. The van der Waals surface area contributed by atoms with E-state index in [-0.39, 0.29) is 23.3 Å². The smallest absolute Gasteiger partial charge is 0.338 e. The van der Waals surface area contributed by atoms with Crippen molar-refractivity contribution in [3.8, 4) is 11.3 Å². The van der Waals surface area contributed by atoms with Crippen molar-refractivity contribution in [3.05, 3.63) is 113 Å². The summed E-state index contributed by atoms with van der Waals surface area (Å²) in [6.07, 6.45) is 1.61.